The molecule has 2 aromatic rings. The third kappa shape index (κ3) is 3.17. The Kier molecular flexibility index (Phi) is 7.46. The predicted molar refractivity (Wildman–Crippen MR) is 72.6 cm³/mol. The molecular formula is C12H20N2OS. The molecule has 3 nitrogen and oxygen atoms in total. The summed E-state index contributed by atoms with van der Waals surface area (Å²) in [6.45, 7) is 5.97. The number of para-hydroxylation sites is 2. The van der Waals surface area contributed by atoms with Gasteiger partial charge in [-0.1, -0.05) is 32.9 Å². The molecule has 0 radical (unpaired) electrons. The van der Waals surface area contributed by atoms with Gasteiger partial charge in [0.05, 0.1) is 5.52 Å². The highest BCUT2D eigenvalue weighted by Gasteiger charge is 2.05. The van der Waals surface area contributed by atoms with Gasteiger partial charge in [0.1, 0.15) is 11.3 Å². The first kappa shape index (κ1) is 14.8. The van der Waals surface area contributed by atoms with Crippen LogP contribution in [-0.2, 0) is 6.42 Å². The zero-order chi connectivity index (χ0) is 12.6. The Bertz CT molecular complexity index is 412. The van der Waals surface area contributed by atoms with E-state index in [4.69, 9.17) is 0 Å². The third-order valence-electron chi connectivity index (χ3n) is 1.92. The number of benzene rings is 1. The van der Waals surface area contributed by atoms with Crippen molar-refractivity contribution in [2.45, 2.75) is 27.2 Å². The lowest BCUT2D eigenvalue weighted by atomic mass is 10.3. The zero-order valence-electron chi connectivity index (χ0n) is 10.3. The molecule has 0 amide bonds. The van der Waals surface area contributed by atoms with E-state index in [1.54, 1.807) is 6.26 Å². The van der Waals surface area contributed by atoms with Gasteiger partial charge in [0.2, 0.25) is 0 Å². The molecule has 1 heterocycles. The Hall–Kier alpha value is -1.16. The average molecular weight is 240 g/mol. The van der Waals surface area contributed by atoms with Gasteiger partial charge in [-0.3, -0.25) is 0 Å². The van der Waals surface area contributed by atoms with E-state index < -0.39 is 0 Å². The van der Waals surface area contributed by atoms with Gasteiger partial charge in [0.15, 0.2) is 0 Å². The van der Waals surface area contributed by atoms with Gasteiger partial charge in [-0.15, -0.1) is 0 Å². The van der Waals surface area contributed by atoms with Crippen LogP contribution >= 0.6 is 12.6 Å². The number of aromatic nitrogens is 2. The average Bonchev–Trinajstić information content (AvgIpc) is 2.72. The molecule has 2 rings (SSSR count). The van der Waals surface area contributed by atoms with E-state index in [1.807, 2.05) is 45.0 Å². The molecule has 0 spiro atoms. The Morgan fingerprint density at radius 3 is 2.31 bits per heavy atom. The second kappa shape index (κ2) is 8.05. The summed E-state index contributed by atoms with van der Waals surface area (Å²) in [5, 5.41) is 9.54. The van der Waals surface area contributed by atoms with Crippen molar-refractivity contribution in [3.63, 3.8) is 0 Å². The van der Waals surface area contributed by atoms with Crippen molar-refractivity contribution < 1.29 is 5.21 Å². The lowest BCUT2D eigenvalue weighted by Crippen LogP contribution is -1.96. The summed E-state index contributed by atoms with van der Waals surface area (Å²) in [6, 6.07) is 7.54. The number of fused-ring (bicyclic) bond motifs is 1. The van der Waals surface area contributed by atoms with E-state index in [0.717, 1.165) is 22.2 Å². The molecule has 0 aliphatic heterocycles. The topological polar surface area (TPSA) is 38.0 Å². The fraction of sp³-hybridized carbons (Fsp3) is 0.417. The lowest BCUT2D eigenvalue weighted by Gasteiger charge is -1.94. The summed E-state index contributed by atoms with van der Waals surface area (Å²) >= 11 is 3.53. The Balaban J connectivity index is 0.000000509. The van der Waals surface area contributed by atoms with Crippen LogP contribution in [0.2, 0.25) is 0 Å². The van der Waals surface area contributed by atoms with Crippen molar-refractivity contribution in [3.05, 3.63) is 30.1 Å². The molecular weight excluding hydrogens is 220 g/mol. The first-order chi connectivity index (χ1) is 7.83. The van der Waals surface area contributed by atoms with Crippen LogP contribution in [0.3, 0.4) is 0 Å². The molecule has 1 aromatic heterocycles. The minimum Gasteiger partial charge on any atom is -0.427 e. The summed E-state index contributed by atoms with van der Waals surface area (Å²) < 4.78 is 1.15. The van der Waals surface area contributed by atoms with Crippen molar-refractivity contribution in [2.24, 2.45) is 0 Å². The maximum absolute atomic E-state index is 9.54. The van der Waals surface area contributed by atoms with Crippen molar-refractivity contribution in [1.29, 1.82) is 0 Å². The zero-order valence-corrected chi connectivity index (χ0v) is 11.2. The number of nitrogens with zero attached hydrogens (tertiary/aromatic N) is 2. The number of hydrogen-bond donors (Lipinski definition) is 2. The molecule has 90 valence electrons. The van der Waals surface area contributed by atoms with Crippen LogP contribution in [0.5, 0.6) is 0 Å². The van der Waals surface area contributed by atoms with E-state index in [-0.39, 0.29) is 0 Å². The second-order valence-electron chi connectivity index (χ2n) is 2.68. The number of imidazole rings is 1. The monoisotopic (exact) mass is 240 g/mol. The van der Waals surface area contributed by atoms with Crippen molar-refractivity contribution in [3.8, 4) is 0 Å². The fourth-order valence-electron chi connectivity index (χ4n) is 1.29. The van der Waals surface area contributed by atoms with Crippen LogP contribution in [-0.4, -0.2) is 21.2 Å². The third-order valence-corrected chi connectivity index (χ3v) is 1.92. The predicted octanol–water partition coefficient (Wildman–Crippen LogP) is 3.41. The molecule has 0 saturated heterocycles. The highest BCUT2D eigenvalue weighted by molar-refractivity contribution is 7.79. The van der Waals surface area contributed by atoms with Crippen LogP contribution in [0.4, 0.5) is 0 Å². The summed E-state index contributed by atoms with van der Waals surface area (Å²) in [7, 11) is 0. The van der Waals surface area contributed by atoms with Crippen LogP contribution < -0.4 is 0 Å². The molecule has 16 heavy (non-hydrogen) atoms. The van der Waals surface area contributed by atoms with Gasteiger partial charge < -0.3 is 5.21 Å². The van der Waals surface area contributed by atoms with Gasteiger partial charge in [-0.05, 0) is 18.4 Å². The van der Waals surface area contributed by atoms with E-state index in [1.165, 1.54) is 0 Å². The minimum absolute atomic E-state index is 0.705. The summed E-state index contributed by atoms with van der Waals surface area (Å²) in [5.41, 5.74) is 1.62. The minimum atomic E-state index is 0.705. The van der Waals surface area contributed by atoms with E-state index >= 15 is 0 Å². The van der Waals surface area contributed by atoms with Crippen LogP contribution in [0.25, 0.3) is 11.0 Å². The number of thiol groups is 1. The molecule has 0 saturated carbocycles. The van der Waals surface area contributed by atoms with Gasteiger partial charge in [0, 0.05) is 6.42 Å². The smallest absolute Gasteiger partial charge is 0.145 e. The number of aryl methyl sites for hydroxylation is 1. The van der Waals surface area contributed by atoms with E-state index in [0.29, 0.717) is 5.82 Å². The summed E-state index contributed by atoms with van der Waals surface area (Å²) in [5.74, 6) is 0.705. The van der Waals surface area contributed by atoms with Crippen LogP contribution in [0.1, 0.15) is 26.6 Å². The van der Waals surface area contributed by atoms with E-state index in [2.05, 4.69) is 17.6 Å². The molecule has 4 heteroatoms. The van der Waals surface area contributed by atoms with Crippen molar-refractivity contribution in [1.82, 2.24) is 9.71 Å². The maximum atomic E-state index is 9.54. The quantitative estimate of drug-likeness (QED) is 0.592. The van der Waals surface area contributed by atoms with Gasteiger partial charge in [-0.2, -0.15) is 17.4 Å². The Morgan fingerprint density at radius 2 is 1.81 bits per heavy atom. The normalized spacial score (nSPS) is 8.81. The second-order valence-corrected chi connectivity index (χ2v) is 2.68. The molecule has 1 aromatic carbocycles. The molecule has 0 atom stereocenters. The maximum Gasteiger partial charge on any atom is 0.145 e. The highest BCUT2D eigenvalue weighted by atomic mass is 32.1. The molecule has 0 aliphatic carbocycles. The first-order valence-electron chi connectivity index (χ1n) is 5.43. The first-order valence-corrected chi connectivity index (χ1v) is 6.32. The van der Waals surface area contributed by atoms with E-state index in [9.17, 15) is 5.21 Å². The summed E-state index contributed by atoms with van der Waals surface area (Å²) in [4.78, 5) is 4.24. The number of rotatable bonds is 1. The van der Waals surface area contributed by atoms with Crippen molar-refractivity contribution >= 4 is 23.7 Å². The molecule has 0 fully saturated rings. The molecule has 0 bridgehead atoms. The van der Waals surface area contributed by atoms with Gasteiger partial charge in [-0.25, -0.2) is 4.98 Å². The summed E-state index contributed by atoms with van der Waals surface area (Å²) in [6.07, 6.45) is 2.44. The van der Waals surface area contributed by atoms with Gasteiger partial charge in [0.25, 0.3) is 0 Å². The van der Waals surface area contributed by atoms with Crippen LogP contribution in [0, 0.1) is 0 Å². The lowest BCUT2D eigenvalue weighted by molar-refractivity contribution is 0.188. The highest BCUT2D eigenvalue weighted by Crippen LogP contribution is 2.13. The SMILES string of the molecule is CC.CCc1nc2ccccc2n1O.CS. The largest absolute Gasteiger partial charge is 0.427 e. The van der Waals surface area contributed by atoms with Crippen LogP contribution in [0.15, 0.2) is 24.3 Å². The molecule has 0 unspecified atom stereocenters. The Labute approximate surface area is 102 Å². The molecule has 0 aliphatic rings. The van der Waals surface area contributed by atoms with Crippen molar-refractivity contribution in [2.75, 3.05) is 6.26 Å². The number of hydrogen-bond acceptors (Lipinski definition) is 3. The fourth-order valence-corrected chi connectivity index (χ4v) is 1.29. The van der Waals surface area contributed by atoms with Gasteiger partial charge >= 0.3 is 0 Å². The molecule has 1 N–H and O–H groups in total. The Morgan fingerprint density at radius 1 is 1.25 bits per heavy atom. The standard InChI is InChI=1S/C9H10N2O.C2H6.CH4S/c1-2-9-10-7-5-3-4-6-8(7)11(9)12;2*1-2/h3-6,12H,2H2,1H3;1-2H3;2H,1H3.